The van der Waals surface area contributed by atoms with Crippen LogP contribution >= 0.6 is 0 Å². The minimum atomic E-state index is -0.237. The molecule has 3 nitrogen and oxygen atoms in total. The second-order valence-corrected chi connectivity index (χ2v) is 5.77. The summed E-state index contributed by atoms with van der Waals surface area (Å²) in [6.45, 7) is 7.17. The maximum absolute atomic E-state index is 9.07. The molecule has 1 rings (SSSR count). The van der Waals surface area contributed by atoms with E-state index < -0.39 is 0 Å². The van der Waals surface area contributed by atoms with Gasteiger partial charge in [0.05, 0.1) is 19.3 Å². The van der Waals surface area contributed by atoms with Gasteiger partial charge in [-0.25, -0.2) is 0 Å². The van der Waals surface area contributed by atoms with E-state index in [4.69, 9.17) is 10.2 Å². The van der Waals surface area contributed by atoms with E-state index in [1.165, 1.54) is 17.5 Å². The average Bonchev–Trinajstić information content (AvgIpc) is 2.41. The molecule has 0 unspecified atom stereocenters. The maximum Gasteiger partial charge on any atom is 0.0607 e. The first-order chi connectivity index (χ1) is 9.03. The second-order valence-electron chi connectivity index (χ2n) is 5.77. The minimum Gasteiger partial charge on any atom is -0.395 e. The van der Waals surface area contributed by atoms with Gasteiger partial charge in [0, 0.05) is 12.0 Å². The molecule has 0 aromatic heterocycles. The predicted octanol–water partition coefficient (Wildman–Crippen LogP) is 1.86. The smallest absolute Gasteiger partial charge is 0.0607 e. The summed E-state index contributed by atoms with van der Waals surface area (Å²) in [5.74, 6) is 0. The normalized spacial score (nSPS) is 12.1. The largest absolute Gasteiger partial charge is 0.395 e. The van der Waals surface area contributed by atoms with Crippen molar-refractivity contribution in [1.29, 1.82) is 0 Å². The van der Waals surface area contributed by atoms with Crippen LogP contribution in [-0.4, -0.2) is 36.0 Å². The first kappa shape index (κ1) is 16.2. The molecular formula is C16H27NO2. The molecule has 0 aliphatic rings. The minimum absolute atomic E-state index is 0.0205. The van der Waals surface area contributed by atoms with Crippen molar-refractivity contribution in [1.82, 2.24) is 5.32 Å². The van der Waals surface area contributed by atoms with Gasteiger partial charge < -0.3 is 15.5 Å². The first-order valence-corrected chi connectivity index (χ1v) is 7.08. The zero-order valence-corrected chi connectivity index (χ0v) is 12.3. The molecule has 3 N–H and O–H groups in total. The lowest BCUT2D eigenvalue weighted by molar-refractivity contribution is 0.166. The van der Waals surface area contributed by atoms with Gasteiger partial charge in [0.15, 0.2) is 0 Å². The third-order valence-electron chi connectivity index (χ3n) is 3.55. The fourth-order valence-electron chi connectivity index (χ4n) is 2.10. The number of aryl methyl sites for hydroxylation is 1. The van der Waals surface area contributed by atoms with Crippen LogP contribution in [0, 0.1) is 0 Å². The summed E-state index contributed by atoms with van der Waals surface area (Å²) in [4.78, 5) is 0. The Kier molecular flexibility index (Phi) is 6.49. The molecule has 0 aliphatic carbocycles. The van der Waals surface area contributed by atoms with Crippen LogP contribution in [0.5, 0.6) is 0 Å². The molecule has 0 saturated heterocycles. The van der Waals surface area contributed by atoms with Crippen molar-refractivity contribution in [3.63, 3.8) is 0 Å². The molecule has 108 valence electrons. The van der Waals surface area contributed by atoms with Gasteiger partial charge in [0.1, 0.15) is 0 Å². The van der Waals surface area contributed by atoms with Crippen molar-refractivity contribution >= 4 is 0 Å². The molecule has 0 radical (unpaired) electrons. The molecule has 0 saturated carbocycles. The molecule has 19 heavy (non-hydrogen) atoms. The Bertz CT molecular complexity index is 356. The monoisotopic (exact) mass is 265 g/mol. The SMILES string of the molecule is CCCc1ccc(C(C)(C)CNC(CO)CO)cc1. The molecular weight excluding hydrogens is 238 g/mol. The van der Waals surface area contributed by atoms with Crippen LogP contribution in [0.2, 0.25) is 0 Å². The van der Waals surface area contributed by atoms with E-state index in [1.54, 1.807) is 0 Å². The van der Waals surface area contributed by atoms with E-state index in [0.29, 0.717) is 0 Å². The molecule has 0 spiro atoms. The van der Waals surface area contributed by atoms with Crippen LogP contribution < -0.4 is 5.32 Å². The highest BCUT2D eigenvalue weighted by Crippen LogP contribution is 2.23. The van der Waals surface area contributed by atoms with Crippen molar-refractivity contribution in [2.24, 2.45) is 0 Å². The van der Waals surface area contributed by atoms with Crippen LogP contribution in [0.25, 0.3) is 0 Å². The molecule has 0 bridgehead atoms. The van der Waals surface area contributed by atoms with Crippen LogP contribution in [0.3, 0.4) is 0 Å². The highest BCUT2D eigenvalue weighted by molar-refractivity contribution is 5.28. The molecule has 3 heteroatoms. The van der Waals surface area contributed by atoms with Crippen molar-refractivity contribution < 1.29 is 10.2 Å². The average molecular weight is 265 g/mol. The first-order valence-electron chi connectivity index (χ1n) is 7.08. The van der Waals surface area contributed by atoms with E-state index in [1.807, 2.05) is 0 Å². The van der Waals surface area contributed by atoms with Crippen LogP contribution in [-0.2, 0) is 11.8 Å². The number of aliphatic hydroxyl groups excluding tert-OH is 2. The van der Waals surface area contributed by atoms with E-state index in [2.05, 4.69) is 50.4 Å². The Morgan fingerprint density at radius 2 is 1.68 bits per heavy atom. The molecule has 0 fully saturated rings. The molecule has 0 amide bonds. The van der Waals surface area contributed by atoms with Gasteiger partial charge in [0.2, 0.25) is 0 Å². The van der Waals surface area contributed by atoms with Gasteiger partial charge in [-0.1, -0.05) is 51.5 Å². The lowest BCUT2D eigenvalue weighted by Gasteiger charge is -2.28. The van der Waals surface area contributed by atoms with E-state index in [0.717, 1.165) is 13.0 Å². The number of benzene rings is 1. The quantitative estimate of drug-likeness (QED) is 0.672. The summed E-state index contributed by atoms with van der Waals surface area (Å²) in [5, 5.41) is 21.3. The lowest BCUT2D eigenvalue weighted by atomic mass is 9.84. The fourth-order valence-corrected chi connectivity index (χ4v) is 2.10. The van der Waals surface area contributed by atoms with Crippen LogP contribution in [0.4, 0.5) is 0 Å². The summed E-state index contributed by atoms with van der Waals surface area (Å²) in [5.41, 5.74) is 2.63. The van der Waals surface area contributed by atoms with Crippen molar-refractivity contribution in [3.05, 3.63) is 35.4 Å². The molecule has 0 aliphatic heterocycles. The molecule has 1 aromatic rings. The Labute approximate surface area is 116 Å². The number of hydrogen-bond donors (Lipinski definition) is 3. The third kappa shape index (κ3) is 4.94. The molecule has 1 aromatic carbocycles. The lowest BCUT2D eigenvalue weighted by Crippen LogP contribution is -2.42. The maximum atomic E-state index is 9.07. The van der Waals surface area contributed by atoms with Gasteiger partial charge in [0.25, 0.3) is 0 Å². The highest BCUT2D eigenvalue weighted by Gasteiger charge is 2.21. The summed E-state index contributed by atoms with van der Waals surface area (Å²) >= 11 is 0. The van der Waals surface area contributed by atoms with Crippen molar-refractivity contribution in [2.45, 2.75) is 45.1 Å². The van der Waals surface area contributed by atoms with E-state index >= 15 is 0 Å². The van der Waals surface area contributed by atoms with Crippen LogP contribution in [0.1, 0.15) is 38.3 Å². The number of aliphatic hydroxyl groups is 2. The van der Waals surface area contributed by atoms with Crippen LogP contribution in [0.15, 0.2) is 24.3 Å². The topological polar surface area (TPSA) is 52.5 Å². The third-order valence-corrected chi connectivity index (χ3v) is 3.55. The van der Waals surface area contributed by atoms with E-state index in [-0.39, 0.29) is 24.7 Å². The highest BCUT2D eigenvalue weighted by atomic mass is 16.3. The van der Waals surface area contributed by atoms with Crippen molar-refractivity contribution in [3.8, 4) is 0 Å². The number of nitrogens with one attached hydrogen (secondary N) is 1. The Morgan fingerprint density at radius 3 is 2.16 bits per heavy atom. The Morgan fingerprint density at radius 1 is 1.11 bits per heavy atom. The number of hydrogen-bond acceptors (Lipinski definition) is 3. The Balaban J connectivity index is 2.65. The zero-order valence-electron chi connectivity index (χ0n) is 12.3. The van der Waals surface area contributed by atoms with Gasteiger partial charge in [-0.2, -0.15) is 0 Å². The van der Waals surface area contributed by atoms with Gasteiger partial charge >= 0.3 is 0 Å². The van der Waals surface area contributed by atoms with Gasteiger partial charge in [-0.3, -0.25) is 0 Å². The molecule has 0 atom stereocenters. The summed E-state index contributed by atoms with van der Waals surface area (Å²) in [7, 11) is 0. The van der Waals surface area contributed by atoms with Gasteiger partial charge in [-0.15, -0.1) is 0 Å². The number of rotatable bonds is 8. The van der Waals surface area contributed by atoms with Gasteiger partial charge in [-0.05, 0) is 17.5 Å². The van der Waals surface area contributed by atoms with Crippen molar-refractivity contribution in [2.75, 3.05) is 19.8 Å². The predicted molar refractivity (Wildman–Crippen MR) is 79.4 cm³/mol. The Hall–Kier alpha value is -0.900. The standard InChI is InChI=1S/C16H27NO2/c1-4-5-13-6-8-14(9-7-13)16(2,3)12-17-15(10-18)11-19/h6-9,15,17-19H,4-5,10-12H2,1-3H3. The summed E-state index contributed by atoms with van der Waals surface area (Å²) in [6.07, 6.45) is 2.29. The second kappa shape index (κ2) is 7.63. The van der Waals surface area contributed by atoms with E-state index in [9.17, 15) is 0 Å². The molecule has 0 heterocycles. The zero-order chi connectivity index (χ0) is 14.3. The fraction of sp³-hybridized carbons (Fsp3) is 0.625. The summed E-state index contributed by atoms with van der Waals surface area (Å²) < 4.78 is 0. The summed E-state index contributed by atoms with van der Waals surface area (Å²) in [6, 6.07) is 8.50.